The zero-order chi connectivity index (χ0) is 15.2. The third-order valence-electron chi connectivity index (χ3n) is 3.82. The minimum atomic E-state index is -0.113. The maximum Gasteiger partial charge on any atom is 0.238 e. The van der Waals surface area contributed by atoms with Crippen LogP contribution in [0.4, 0.5) is 11.4 Å². The van der Waals surface area contributed by atoms with Crippen molar-refractivity contribution in [1.29, 1.82) is 0 Å². The molecule has 1 fully saturated rings. The number of aliphatic hydroxyl groups is 1. The molecule has 0 radical (unpaired) electrons. The van der Waals surface area contributed by atoms with Gasteiger partial charge >= 0.3 is 0 Å². The first-order valence-electron chi connectivity index (χ1n) is 7.22. The highest BCUT2D eigenvalue weighted by molar-refractivity contribution is 5.94. The molecule has 0 heterocycles. The molecule has 2 rings (SSSR count). The lowest BCUT2D eigenvalue weighted by atomic mass is 9.91. The molecule has 1 aliphatic rings. The number of benzene rings is 1. The van der Waals surface area contributed by atoms with Gasteiger partial charge in [0.15, 0.2) is 0 Å². The van der Waals surface area contributed by atoms with Crippen molar-refractivity contribution in [3.63, 3.8) is 0 Å². The number of carbonyl (C=O) groups is 1. The number of carbonyl (C=O) groups excluding carboxylic acids is 1. The molecule has 1 aromatic rings. The van der Waals surface area contributed by atoms with E-state index in [0.717, 1.165) is 12.8 Å². The van der Waals surface area contributed by atoms with Crippen LogP contribution in [0.1, 0.15) is 19.3 Å². The van der Waals surface area contributed by atoms with Gasteiger partial charge in [0.25, 0.3) is 0 Å². The minimum absolute atomic E-state index is 0.0645. The van der Waals surface area contributed by atoms with E-state index in [0.29, 0.717) is 29.7 Å². The molecule has 4 N–H and O–H groups in total. The number of methoxy groups -OCH3 is 1. The highest BCUT2D eigenvalue weighted by Gasteiger charge is 2.26. The number of hydrogen-bond acceptors (Lipinski definition) is 5. The molecule has 6 heteroatoms. The standard InChI is InChI=1S/C15H23N3O3/c1-21-14-9-11(16)5-6-13(14)17-15(20)10-18(7-8-19)12-3-2-4-12/h5-6,9,12,19H,2-4,7-8,10,16H2,1H3,(H,17,20). The van der Waals surface area contributed by atoms with Crippen LogP contribution in [0, 0.1) is 0 Å². The van der Waals surface area contributed by atoms with Gasteiger partial charge in [-0.3, -0.25) is 9.69 Å². The monoisotopic (exact) mass is 293 g/mol. The summed E-state index contributed by atoms with van der Waals surface area (Å²) < 4.78 is 5.21. The van der Waals surface area contributed by atoms with Crippen LogP contribution < -0.4 is 15.8 Å². The quantitative estimate of drug-likeness (QED) is 0.654. The van der Waals surface area contributed by atoms with E-state index in [4.69, 9.17) is 15.6 Å². The van der Waals surface area contributed by atoms with Crippen LogP contribution in [0.3, 0.4) is 0 Å². The number of nitrogen functional groups attached to an aromatic ring is 1. The van der Waals surface area contributed by atoms with Crippen LogP contribution in [0.25, 0.3) is 0 Å². The molecule has 0 saturated heterocycles. The fourth-order valence-electron chi connectivity index (χ4n) is 2.46. The van der Waals surface area contributed by atoms with Crippen molar-refractivity contribution in [3.05, 3.63) is 18.2 Å². The molecule has 21 heavy (non-hydrogen) atoms. The summed E-state index contributed by atoms with van der Waals surface area (Å²) in [6, 6.07) is 5.53. The molecule has 1 aliphatic carbocycles. The van der Waals surface area contributed by atoms with Crippen molar-refractivity contribution in [1.82, 2.24) is 4.90 Å². The lowest BCUT2D eigenvalue weighted by Gasteiger charge is -2.36. The number of rotatable bonds is 7. The fraction of sp³-hybridized carbons (Fsp3) is 0.533. The first-order valence-corrected chi connectivity index (χ1v) is 7.22. The van der Waals surface area contributed by atoms with E-state index in [1.807, 2.05) is 4.90 Å². The Hall–Kier alpha value is -1.79. The Morgan fingerprint density at radius 2 is 2.29 bits per heavy atom. The van der Waals surface area contributed by atoms with E-state index >= 15 is 0 Å². The van der Waals surface area contributed by atoms with Crippen molar-refractivity contribution in [2.45, 2.75) is 25.3 Å². The molecule has 0 spiro atoms. The summed E-state index contributed by atoms with van der Waals surface area (Å²) >= 11 is 0. The Balaban J connectivity index is 1.96. The fourth-order valence-corrected chi connectivity index (χ4v) is 2.46. The SMILES string of the molecule is COc1cc(N)ccc1NC(=O)CN(CCO)C1CCC1. The zero-order valence-corrected chi connectivity index (χ0v) is 12.3. The Bertz CT molecular complexity index is 489. The van der Waals surface area contributed by atoms with Gasteiger partial charge in [-0.2, -0.15) is 0 Å². The van der Waals surface area contributed by atoms with Crippen LogP contribution >= 0.6 is 0 Å². The lowest BCUT2D eigenvalue weighted by molar-refractivity contribution is -0.118. The van der Waals surface area contributed by atoms with E-state index in [1.165, 1.54) is 13.5 Å². The summed E-state index contributed by atoms with van der Waals surface area (Å²) in [6.07, 6.45) is 3.39. The normalized spacial score (nSPS) is 14.8. The van der Waals surface area contributed by atoms with E-state index in [9.17, 15) is 4.79 Å². The topological polar surface area (TPSA) is 87.8 Å². The summed E-state index contributed by atoms with van der Waals surface area (Å²) in [5.41, 5.74) is 6.88. The first-order chi connectivity index (χ1) is 10.1. The summed E-state index contributed by atoms with van der Waals surface area (Å²) in [6.45, 7) is 0.866. The second kappa shape index (κ2) is 7.28. The number of nitrogens with one attached hydrogen (secondary N) is 1. The molecular formula is C15H23N3O3. The van der Waals surface area contributed by atoms with Crippen molar-refractivity contribution in [3.8, 4) is 5.75 Å². The van der Waals surface area contributed by atoms with Gasteiger partial charge in [0.05, 0.1) is 25.9 Å². The highest BCUT2D eigenvalue weighted by Crippen LogP contribution is 2.27. The zero-order valence-electron chi connectivity index (χ0n) is 12.3. The Morgan fingerprint density at radius 3 is 2.86 bits per heavy atom. The maximum atomic E-state index is 12.2. The number of amides is 1. The van der Waals surface area contributed by atoms with E-state index < -0.39 is 0 Å². The maximum absolute atomic E-state index is 12.2. The van der Waals surface area contributed by atoms with Crippen LogP contribution in [-0.4, -0.2) is 48.8 Å². The van der Waals surface area contributed by atoms with Crippen LogP contribution in [0.2, 0.25) is 0 Å². The number of hydrogen-bond donors (Lipinski definition) is 3. The summed E-state index contributed by atoms with van der Waals surface area (Å²) in [4.78, 5) is 14.2. The molecule has 0 atom stereocenters. The Kier molecular flexibility index (Phi) is 5.41. The predicted molar refractivity (Wildman–Crippen MR) is 82.3 cm³/mol. The number of anilines is 2. The van der Waals surface area contributed by atoms with E-state index in [2.05, 4.69) is 5.32 Å². The molecule has 0 unspecified atom stereocenters. The largest absolute Gasteiger partial charge is 0.494 e. The highest BCUT2D eigenvalue weighted by atomic mass is 16.5. The molecule has 1 aromatic carbocycles. The van der Waals surface area contributed by atoms with Crippen LogP contribution in [0.5, 0.6) is 5.75 Å². The molecular weight excluding hydrogens is 270 g/mol. The van der Waals surface area contributed by atoms with Gasteiger partial charge in [0, 0.05) is 24.3 Å². The number of ether oxygens (including phenoxy) is 1. The Morgan fingerprint density at radius 1 is 1.52 bits per heavy atom. The molecule has 1 saturated carbocycles. The van der Waals surface area contributed by atoms with E-state index in [1.54, 1.807) is 18.2 Å². The minimum Gasteiger partial charge on any atom is -0.494 e. The first kappa shape index (κ1) is 15.6. The predicted octanol–water partition coefficient (Wildman–Crippen LogP) is 1.06. The van der Waals surface area contributed by atoms with Crippen molar-refractivity contribution >= 4 is 17.3 Å². The molecule has 1 amide bonds. The summed E-state index contributed by atoms with van der Waals surface area (Å²) in [5.74, 6) is 0.430. The van der Waals surface area contributed by atoms with Crippen LogP contribution in [0.15, 0.2) is 18.2 Å². The van der Waals surface area contributed by atoms with E-state index in [-0.39, 0.29) is 19.1 Å². The Labute approximate surface area is 124 Å². The second-order valence-corrected chi connectivity index (χ2v) is 5.29. The summed E-state index contributed by atoms with van der Waals surface area (Å²) in [7, 11) is 1.54. The van der Waals surface area contributed by atoms with Gasteiger partial charge in [0.2, 0.25) is 5.91 Å². The molecule has 0 bridgehead atoms. The summed E-state index contributed by atoms with van der Waals surface area (Å²) in [5, 5.41) is 12.0. The van der Waals surface area contributed by atoms with Crippen molar-refractivity contribution in [2.75, 3.05) is 37.9 Å². The molecule has 6 nitrogen and oxygen atoms in total. The average molecular weight is 293 g/mol. The van der Waals surface area contributed by atoms with Gasteiger partial charge in [-0.05, 0) is 25.0 Å². The van der Waals surface area contributed by atoms with Gasteiger partial charge in [0.1, 0.15) is 5.75 Å². The smallest absolute Gasteiger partial charge is 0.238 e. The van der Waals surface area contributed by atoms with Gasteiger partial charge in [-0.15, -0.1) is 0 Å². The molecule has 0 aliphatic heterocycles. The number of nitrogens with zero attached hydrogens (tertiary/aromatic N) is 1. The number of aliphatic hydroxyl groups excluding tert-OH is 1. The van der Waals surface area contributed by atoms with Gasteiger partial charge in [-0.25, -0.2) is 0 Å². The lowest BCUT2D eigenvalue weighted by Crippen LogP contribution is -2.45. The number of nitrogens with two attached hydrogens (primary N) is 1. The third-order valence-corrected chi connectivity index (χ3v) is 3.82. The van der Waals surface area contributed by atoms with Crippen LogP contribution in [-0.2, 0) is 4.79 Å². The van der Waals surface area contributed by atoms with Crippen molar-refractivity contribution < 1.29 is 14.6 Å². The third kappa shape index (κ3) is 4.09. The van der Waals surface area contributed by atoms with Gasteiger partial charge < -0.3 is 20.9 Å². The second-order valence-electron chi connectivity index (χ2n) is 5.29. The van der Waals surface area contributed by atoms with Crippen molar-refractivity contribution in [2.24, 2.45) is 0 Å². The molecule has 0 aromatic heterocycles. The molecule has 116 valence electrons. The average Bonchev–Trinajstić information content (AvgIpc) is 2.39. The van der Waals surface area contributed by atoms with Gasteiger partial charge in [-0.1, -0.05) is 6.42 Å².